The summed E-state index contributed by atoms with van der Waals surface area (Å²) in [6, 6.07) is 10.7. The van der Waals surface area contributed by atoms with E-state index in [0.29, 0.717) is 72.7 Å². The summed E-state index contributed by atoms with van der Waals surface area (Å²) in [6.07, 6.45) is 5.71. The number of halogens is 2. The predicted octanol–water partition coefficient (Wildman–Crippen LogP) is 5.12. The number of nitrogens with zero attached hydrogens (tertiary/aromatic N) is 12. The van der Waals surface area contributed by atoms with Crippen LogP contribution in [0.5, 0.6) is 0 Å². The Morgan fingerprint density at radius 3 is 2.52 bits per heavy atom. The molecule has 5 aliphatic rings. The summed E-state index contributed by atoms with van der Waals surface area (Å²) < 4.78 is 44.3. The molecule has 0 aliphatic carbocycles. The molecule has 63 heavy (non-hydrogen) atoms. The Labute approximate surface area is 365 Å². The number of carbonyl (C=O) groups excluding carboxylic acids is 1. The van der Waals surface area contributed by atoms with Crippen molar-refractivity contribution >= 4 is 45.9 Å². The molecule has 5 aliphatic heterocycles. The van der Waals surface area contributed by atoms with E-state index in [1.165, 1.54) is 16.8 Å². The summed E-state index contributed by atoms with van der Waals surface area (Å²) in [5.41, 5.74) is 3.55. The molecule has 0 spiro atoms. The van der Waals surface area contributed by atoms with Gasteiger partial charge in [-0.3, -0.25) is 9.88 Å². The van der Waals surface area contributed by atoms with Crippen molar-refractivity contribution in [2.24, 2.45) is 0 Å². The van der Waals surface area contributed by atoms with Crippen LogP contribution in [0.2, 0.25) is 0 Å². The van der Waals surface area contributed by atoms with E-state index in [1.807, 2.05) is 64.0 Å². The Morgan fingerprint density at radius 1 is 1.03 bits per heavy atom. The summed E-state index contributed by atoms with van der Waals surface area (Å²) in [5.74, 6) is 1.06. The van der Waals surface area contributed by atoms with Crippen molar-refractivity contribution in [2.45, 2.75) is 82.9 Å². The largest absolute Gasteiger partial charge is 0.378 e. The number of aromatic nitrogens is 8. The lowest BCUT2D eigenvalue weighted by atomic mass is 9.83. The van der Waals surface area contributed by atoms with E-state index in [1.54, 1.807) is 19.5 Å². The maximum absolute atomic E-state index is 15.3. The van der Waals surface area contributed by atoms with Crippen LogP contribution < -0.4 is 15.1 Å². The number of anilines is 3. The first-order valence-electron chi connectivity index (χ1n) is 21.8. The van der Waals surface area contributed by atoms with Crippen LogP contribution in [0.25, 0.3) is 39.1 Å². The van der Waals surface area contributed by atoms with Crippen LogP contribution in [-0.2, 0) is 20.8 Å². The van der Waals surface area contributed by atoms with Crippen LogP contribution in [0.1, 0.15) is 39.4 Å². The molecule has 10 heterocycles. The monoisotopic (exact) mass is 863 g/mol. The van der Waals surface area contributed by atoms with Gasteiger partial charge in [-0.25, -0.2) is 23.4 Å². The van der Waals surface area contributed by atoms with E-state index >= 15 is 4.39 Å². The number of piperazine rings is 1. The summed E-state index contributed by atoms with van der Waals surface area (Å²) in [6.45, 7) is 13.1. The molecule has 16 nitrogen and oxygen atoms in total. The molecule has 5 aromatic heterocycles. The third-order valence-electron chi connectivity index (χ3n) is 12.8. The molecule has 5 fully saturated rings. The number of hydrogen-bond acceptors (Lipinski definition) is 14. The molecule has 18 heteroatoms. The minimum absolute atomic E-state index is 0.0196. The van der Waals surface area contributed by atoms with Gasteiger partial charge in [0, 0.05) is 63.7 Å². The fraction of sp³-hybridized carbons (Fsp3) is 0.489. The van der Waals surface area contributed by atoms with Crippen LogP contribution in [0.15, 0.2) is 54.9 Å². The van der Waals surface area contributed by atoms with Crippen molar-refractivity contribution in [3.8, 4) is 17.1 Å². The zero-order valence-electron chi connectivity index (χ0n) is 36.9. The second kappa shape index (κ2) is 17.1. The maximum atomic E-state index is 15.3. The maximum Gasteiger partial charge on any atom is 0.230 e. The minimum atomic E-state index is -0.764. The molecule has 332 valence electrons. The van der Waals surface area contributed by atoms with Crippen LogP contribution in [0, 0.1) is 18.6 Å². The summed E-state index contributed by atoms with van der Waals surface area (Å²) in [7, 11) is 5.77. The smallest absolute Gasteiger partial charge is 0.230 e. The van der Waals surface area contributed by atoms with E-state index in [9.17, 15) is 9.18 Å². The molecule has 6 aromatic rings. The van der Waals surface area contributed by atoms with Crippen molar-refractivity contribution in [1.29, 1.82) is 0 Å². The van der Waals surface area contributed by atoms with Crippen molar-refractivity contribution in [2.75, 3.05) is 75.7 Å². The number of aryl methyl sites for hydroxylation is 1. The molecule has 5 unspecified atom stereocenters. The van der Waals surface area contributed by atoms with Gasteiger partial charge in [-0.05, 0) is 71.1 Å². The molecular weight excluding hydrogens is 809 g/mol. The highest BCUT2D eigenvalue weighted by Gasteiger charge is 2.52. The topological polar surface area (TPSA) is 148 Å². The number of methoxy groups -OCH3 is 1. The second-order valence-corrected chi connectivity index (χ2v) is 17.3. The SMILES string of the molecule is CC.COC(CN(C)C)Cn1c(C)nc2ccnc(-c3cccc(NC4CC(C=O)N(c5nc(N6C7CC6CN(C6(C)COC6)C7)nc6c5cnn6-c5ccc(F)cc5F)C4)n3)c21. The number of carbonyl (C=O) groups is 1. The van der Waals surface area contributed by atoms with Crippen LogP contribution in [-0.4, -0.2) is 152 Å². The fourth-order valence-electron chi connectivity index (χ4n) is 9.63. The molecule has 1 N–H and O–H groups in total. The number of fused-ring (bicyclic) bond motifs is 4. The number of likely N-dealkylation sites (N-methyl/N-ethyl adjacent to an activating group) is 1. The number of hydrogen-bond donors (Lipinski definition) is 1. The van der Waals surface area contributed by atoms with Gasteiger partial charge in [-0.2, -0.15) is 15.1 Å². The van der Waals surface area contributed by atoms with Crippen molar-refractivity contribution in [3.63, 3.8) is 0 Å². The third-order valence-corrected chi connectivity index (χ3v) is 12.8. The molecule has 2 bridgehead atoms. The van der Waals surface area contributed by atoms with Crippen LogP contribution in [0.4, 0.5) is 26.4 Å². The first kappa shape index (κ1) is 42.6. The Hall–Kier alpha value is -5.69. The van der Waals surface area contributed by atoms with E-state index in [2.05, 4.69) is 36.6 Å². The highest BCUT2D eigenvalue weighted by molar-refractivity contribution is 5.91. The molecule has 11 rings (SSSR count). The molecule has 0 amide bonds. The highest BCUT2D eigenvalue weighted by atomic mass is 19.1. The lowest BCUT2D eigenvalue weighted by Gasteiger charge is -2.61. The van der Waals surface area contributed by atoms with Gasteiger partial charge < -0.3 is 38.9 Å². The fourth-order valence-corrected chi connectivity index (χ4v) is 9.63. The quantitative estimate of drug-likeness (QED) is 0.153. The third kappa shape index (κ3) is 7.76. The van der Waals surface area contributed by atoms with E-state index in [4.69, 9.17) is 34.4 Å². The minimum Gasteiger partial charge on any atom is -0.378 e. The van der Waals surface area contributed by atoms with Gasteiger partial charge in [0.15, 0.2) is 11.5 Å². The summed E-state index contributed by atoms with van der Waals surface area (Å²) >= 11 is 0. The first-order chi connectivity index (χ1) is 30.5. The highest BCUT2D eigenvalue weighted by Crippen LogP contribution is 2.42. The number of piperidine rings is 1. The van der Waals surface area contributed by atoms with Gasteiger partial charge in [0.25, 0.3) is 0 Å². The lowest BCUT2D eigenvalue weighted by molar-refractivity contribution is -0.146. The van der Waals surface area contributed by atoms with E-state index in [0.717, 1.165) is 55.3 Å². The molecule has 1 aromatic carbocycles. The van der Waals surface area contributed by atoms with Crippen molar-refractivity contribution in [1.82, 2.24) is 49.1 Å². The Kier molecular flexibility index (Phi) is 11.6. The Balaban J connectivity index is 0.00000249. The van der Waals surface area contributed by atoms with Gasteiger partial charge in [0.1, 0.15) is 40.9 Å². The van der Waals surface area contributed by atoms with Gasteiger partial charge in [-0.1, -0.05) is 19.9 Å². The predicted molar refractivity (Wildman–Crippen MR) is 237 cm³/mol. The van der Waals surface area contributed by atoms with Gasteiger partial charge in [-0.15, -0.1) is 0 Å². The van der Waals surface area contributed by atoms with Crippen LogP contribution >= 0.6 is 0 Å². The summed E-state index contributed by atoms with van der Waals surface area (Å²) in [4.78, 5) is 46.6. The van der Waals surface area contributed by atoms with Gasteiger partial charge >= 0.3 is 0 Å². The molecule has 5 atom stereocenters. The van der Waals surface area contributed by atoms with Gasteiger partial charge in [0.2, 0.25) is 5.95 Å². The first-order valence-corrected chi connectivity index (χ1v) is 21.8. The van der Waals surface area contributed by atoms with Crippen molar-refractivity contribution in [3.05, 3.63) is 72.3 Å². The number of pyridine rings is 2. The van der Waals surface area contributed by atoms with Crippen molar-refractivity contribution < 1.29 is 23.0 Å². The number of aldehydes is 1. The molecule has 0 saturated carbocycles. The van der Waals surface area contributed by atoms with Crippen LogP contribution in [0.3, 0.4) is 0 Å². The molecule has 5 saturated heterocycles. The number of imidazole rings is 1. The zero-order valence-corrected chi connectivity index (χ0v) is 36.9. The lowest BCUT2D eigenvalue weighted by Crippen LogP contribution is -2.75. The standard InChI is InChI=1S/C43H49F2N13O3.C2H6/c1-25-48-35-11-12-46-38(39(35)55(25)21-31(60-5)20-53(3)4)34-7-6-8-37(50-34)49-27-14-30(22-59)56(17-27)40-32-16-47-58(36-10-9-26(44)13-33(36)45)41(32)52-42(51-40)57-28-15-29(57)19-54(18-28)43(2)23-61-24-43;1-2/h6-13,16,22,27-31H,14-15,17-21,23-24H2,1-5H3,(H,49,50);1-2H3. The summed E-state index contributed by atoms with van der Waals surface area (Å²) in [5, 5.41) is 8.71. The average Bonchev–Trinajstić information content (AvgIpc) is 3.97. The second-order valence-electron chi connectivity index (χ2n) is 17.3. The number of ether oxygens (including phenoxy) is 2. The van der Waals surface area contributed by atoms with Gasteiger partial charge in [0.05, 0.1) is 65.8 Å². The number of rotatable bonds is 13. The Morgan fingerprint density at radius 2 is 1.83 bits per heavy atom. The van der Waals surface area contributed by atoms with E-state index in [-0.39, 0.29) is 35.5 Å². The normalized spacial score (nSPS) is 22.2. The molecule has 0 radical (unpaired) electrons. The zero-order chi connectivity index (χ0) is 44.2. The number of benzene rings is 1. The van der Waals surface area contributed by atoms with E-state index < -0.39 is 17.7 Å². The molecular formula is C45H55F2N13O3. The average molecular weight is 864 g/mol. The Bertz CT molecular complexity index is 2620. The number of nitrogens with one attached hydrogen (secondary N) is 1.